The van der Waals surface area contributed by atoms with Gasteiger partial charge in [0.15, 0.2) is 0 Å². The lowest BCUT2D eigenvalue weighted by atomic mass is 10.1. The Bertz CT molecular complexity index is 424. The Morgan fingerprint density at radius 2 is 2.29 bits per heavy atom. The van der Waals surface area contributed by atoms with Crippen molar-refractivity contribution in [2.24, 2.45) is 5.73 Å². The fourth-order valence-electron chi connectivity index (χ4n) is 1.50. The lowest BCUT2D eigenvalue weighted by Crippen LogP contribution is -2.27. The van der Waals surface area contributed by atoms with Gasteiger partial charge >= 0.3 is 0 Å². The minimum Gasteiger partial charge on any atom is -0.395 e. The number of aliphatic hydroxyl groups is 1. The molecule has 1 unspecified atom stereocenters. The summed E-state index contributed by atoms with van der Waals surface area (Å²) < 4.78 is 1.84. The predicted molar refractivity (Wildman–Crippen MR) is 54.0 cm³/mol. The second-order valence-corrected chi connectivity index (χ2v) is 3.33. The van der Waals surface area contributed by atoms with Crippen molar-refractivity contribution in [1.82, 2.24) is 9.61 Å². The number of aliphatic hydroxyl groups excluding tert-OH is 1. The number of hydrogen-bond acceptors (Lipinski definition) is 3. The van der Waals surface area contributed by atoms with Gasteiger partial charge in [0.1, 0.15) is 0 Å². The molecule has 0 aliphatic rings. The molecule has 2 aromatic heterocycles. The molecule has 0 radical (unpaired) electrons. The van der Waals surface area contributed by atoms with Gasteiger partial charge in [-0.1, -0.05) is 6.07 Å². The molecule has 0 saturated carbocycles. The van der Waals surface area contributed by atoms with Gasteiger partial charge in [0.25, 0.3) is 0 Å². The van der Waals surface area contributed by atoms with Crippen LogP contribution in [0.25, 0.3) is 5.52 Å². The maximum atomic E-state index is 8.86. The molecule has 0 aliphatic heterocycles. The third-order valence-corrected chi connectivity index (χ3v) is 2.21. The summed E-state index contributed by atoms with van der Waals surface area (Å²) in [7, 11) is 0. The first-order valence-electron chi connectivity index (χ1n) is 4.59. The van der Waals surface area contributed by atoms with Crippen LogP contribution >= 0.6 is 0 Å². The molecule has 74 valence electrons. The average molecular weight is 191 g/mol. The summed E-state index contributed by atoms with van der Waals surface area (Å²) in [4.78, 5) is 0. The van der Waals surface area contributed by atoms with Crippen LogP contribution in [0.4, 0.5) is 0 Å². The van der Waals surface area contributed by atoms with Gasteiger partial charge in [0.05, 0.1) is 12.1 Å². The molecule has 0 saturated heterocycles. The zero-order valence-electron chi connectivity index (χ0n) is 7.80. The van der Waals surface area contributed by atoms with E-state index in [0.717, 1.165) is 11.2 Å². The third-order valence-electron chi connectivity index (χ3n) is 2.21. The van der Waals surface area contributed by atoms with Crippen molar-refractivity contribution in [3.63, 3.8) is 0 Å². The summed E-state index contributed by atoms with van der Waals surface area (Å²) >= 11 is 0. The molecular formula is C10H13N3O. The van der Waals surface area contributed by atoms with Crippen LogP contribution in [0.1, 0.15) is 5.69 Å². The highest BCUT2D eigenvalue weighted by Gasteiger charge is 2.05. The quantitative estimate of drug-likeness (QED) is 0.728. The van der Waals surface area contributed by atoms with Crippen LogP contribution in [0.2, 0.25) is 0 Å². The second kappa shape index (κ2) is 3.77. The Labute approximate surface area is 82.0 Å². The second-order valence-electron chi connectivity index (χ2n) is 3.33. The average Bonchev–Trinajstić information content (AvgIpc) is 2.66. The number of nitrogens with two attached hydrogens (primary N) is 1. The number of pyridine rings is 1. The van der Waals surface area contributed by atoms with Crippen LogP contribution in [-0.2, 0) is 6.42 Å². The number of aromatic nitrogens is 2. The molecular weight excluding hydrogens is 178 g/mol. The highest BCUT2D eigenvalue weighted by molar-refractivity contribution is 5.46. The maximum Gasteiger partial charge on any atom is 0.0664 e. The van der Waals surface area contributed by atoms with Gasteiger partial charge in [0.2, 0.25) is 0 Å². The molecule has 0 amide bonds. The monoisotopic (exact) mass is 191 g/mol. The lowest BCUT2D eigenvalue weighted by molar-refractivity contribution is 0.264. The summed E-state index contributed by atoms with van der Waals surface area (Å²) in [5.74, 6) is 0. The minimum absolute atomic E-state index is 0.00233. The molecule has 0 bridgehead atoms. The predicted octanol–water partition coefficient (Wildman–Crippen LogP) is 0.196. The van der Waals surface area contributed by atoms with Gasteiger partial charge < -0.3 is 10.8 Å². The Balaban J connectivity index is 2.36. The molecule has 0 spiro atoms. The molecule has 0 aliphatic carbocycles. The Morgan fingerprint density at radius 3 is 3.07 bits per heavy atom. The van der Waals surface area contributed by atoms with Crippen LogP contribution in [0.3, 0.4) is 0 Å². The summed E-state index contributed by atoms with van der Waals surface area (Å²) in [6, 6.07) is 7.64. The fraction of sp³-hybridized carbons (Fsp3) is 0.300. The first-order valence-corrected chi connectivity index (χ1v) is 4.59. The number of fused-ring (bicyclic) bond motifs is 1. The molecule has 2 rings (SSSR count). The summed E-state index contributed by atoms with van der Waals surface area (Å²) in [5, 5.41) is 13.0. The molecule has 0 fully saturated rings. The van der Waals surface area contributed by atoms with Crippen LogP contribution in [0, 0.1) is 0 Å². The van der Waals surface area contributed by atoms with Crippen molar-refractivity contribution >= 4 is 5.52 Å². The summed E-state index contributed by atoms with van der Waals surface area (Å²) in [6.45, 7) is -0.00233. The SMILES string of the molecule is NC(CO)Cc1cccc2ccnn12. The molecule has 3 N–H and O–H groups in total. The van der Waals surface area contributed by atoms with Gasteiger partial charge in [-0.3, -0.25) is 0 Å². The van der Waals surface area contributed by atoms with E-state index in [0.29, 0.717) is 6.42 Å². The van der Waals surface area contributed by atoms with E-state index in [2.05, 4.69) is 5.10 Å². The van der Waals surface area contributed by atoms with E-state index in [9.17, 15) is 0 Å². The van der Waals surface area contributed by atoms with Gasteiger partial charge in [-0.2, -0.15) is 5.10 Å². The van der Waals surface area contributed by atoms with Crippen LogP contribution in [-0.4, -0.2) is 27.4 Å². The van der Waals surface area contributed by atoms with Gasteiger partial charge in [-0.15, -0.1) is 0 Å². The normalized spacial score (nSPS) is 13.3. The molecule has 4 nitrogen and oxygen atoms in total. The van der Waals surface area contributed by atoms with E-state index in [4.69, 9.17) is 10.8 Å². The van der Waals surface area contributed by atoms with E-state index in [1.165, 1.54) is 0 Å². The molecule has 0 aromatic carbocycles. The first-order chi connectivity index (χ1) is 6.81. The van der Waals surface area contributed by atoms with Crippen LogP contribution in [0.15, 0.2) is 30.5 Å². The fourth-order valence-corrected chi connectivity index (χ4v) is 1.50. The van der Waals surface area contributed by atoms with Crippen LogP contribution < -0.4 is 5.73 Å². The van der Waals surface area contributed by atoms with Crippen molar-refractivity contribution in [2.75, 3.05) is 6.61 Å². The van der Waals surface area contributed by atoms with E-state index in [1.807, 2.05) is 28.8 Å². The van der Waals surface area contributed by atoms with Crippen molar-refractivity contribution in [3.8, 4) is 0 Å². The number of rotatable bonds is 3. The zero-order valence-corrected chi connectivity index (χ0v) is 7.80. The zero-order chi connectivity index (χ0) is 9.97. The molecule has 2 heterocycles. The van der Waals surface area contributed by atoms with E-state index in [1.54, 1.807) is 6.20 Å². The summed E-state index contributed by atoms with van der Waals surface area (Å²) in [5.41, 5.74) is 7.74. The lowest BCUT2D eigenvalue weighted by Gasteiger charge is -2.09. The van der Waals surface area contributed by atoms with E-state index in [-0.39, 0.29) is 12.6 Å². The first kappa shape index (κ1) is 9.18. The van der Waals surface area contributed by atoms with Crippen LogP contribution in [0.5, 0.6) is 0 Å². The third kappa shape index (κ3) is 1.62. The molecule has 1 atom stereocenters. The van der Waals surface area contributed by atoms with Gasteiger partial charge in [-0.05, 0) is 18.2 Å². The van der Waals surface area contributed by atoms with E-state index < -0.39 is 0 Å². The van der Waals surface area contributed by atoms with E-state index >= 15 is 0 Å². The summed E-state index contributed by atoms with van der Waals surface area (Å²) in [6.07, 6.45) is 2.39. The van der Waals surface area contributed by atoms with Gasteiger partial charge in [0, 0.05) is 24.4 Å². The molecule has 2 aromatic rings. The Morgan fingerprint density at radius 1 is 1.43 bits per heavy atom. The highest BCUT2D eigenvalue weighted by atomic mass is 16.3. The molecule has 14 heavy (non-hydrogen) atoms. The minimum atomic E-state index is -0.218. The highest BCUT2D eigenvalue weighted by Crippen LogP contribution is 2.07. The largest absolute Gasteiger partial charge is 0.395 e. The maximum absolute atomic E-state index is 8.86. The van der Waals surface area contributed by atoms with Gasteiger partial charge in [-0.25, -0.2) is 4.52 Å². The number of nitrogens with zero attached hydrogens (tertiary/aromatic N) is 2. The molecule has 4 heteroatoms. The smallest absolute Gasteiger partial charge is 0.0664 e. The topological polar surface area (TPSA) is 63.5 Å². The Hall–Kier alpha value is -1.39. The van der Waals surface area contributed by atoms with Crippen molar-refractivity contribution < 1.29 is 5.11 Å². The number of hydrogen-bond donors (Lipinski definition) is 2. The van der Waals surface area contributed by atoms with Crippen molar-refractivity contribution in [2.45, 2.75) is 12.5 Å². The standard InChI is InChI=1S/C10H13N3O/c11-8(7-14)6-10-3-1-2-9-4-5-12-13(9)10/h1-5,8,14H,6-7,11H2. The Kier molecular flexibility index (Phi) is 2.47. The van der Waals surface area contributed by atoms with Crippen molar-refractivity contribution in [3.05, 3.63) is 36.2 Å². The van der Waals surface area contributed by atoms with Crippen molar-refractivity contribution in [1.29, 1.82) is 0 Å².